The Hall–Kier alpha value is -1.04. The maximum atomic E-state index is 11.9. The van der Waals surface area contributed by atoms with Crippen molar-refractivity contribution in [1.82, 2.24) is 0 Å². The van der Waals surface area contributed by atoms with E-state index in [1.807, 2.05) is 38.1 Å². The zero-order valence-electron chi connectivity index (χ0n) is 12.7. The summed E-state index contributed by atoms with van der Waals surface area (Å²) in [6.07, 6.45) is 5.49. The Morgan fingerprint density at radius 2 is 1.90 bits per heavy atom. The first-order chi connectivity index (χ1) is 10.1. The highest BCUT2D eigenvalue weighted by Crippen LogP contribution is 2.24. The van der Waals surface area contributed by atoms with Gasteiger partial charge in [0.2, 0.25) is 0 Å². The molecule has 0 aromatic heterocycles. The Morgan fingerprint density at radius 1 is 1.24 bits per heavy atom. The number of unbranched alkanes of at least 4 members (excludes halogenated alkanes) is 2. The van der Waals surface area contributed by atoms with E-state index in [0.29, 0.717) is 13.2 Å². The van der Waals surface area contributed by atoms with E-state index in [9.17, 15) is 4.21 Å². The van der Waals surface area contributed by atoms with Crippen LogP contribution in [0.2, 0.25) is 0 Å². The molecule has 1 unspecified atom stereocenters. The summed E-state index contributed by atoms with van der Waals surface area (Å²) in [5, 5.41) is 0. The lowest BCUT2D eigenvalue weighted by molar-refractivity contribution is -0.147. The number of rotatable bonds is 7. The number of aryl methyl sites for hydroxylation is 1. The lowest BCUT2D eigenvalue weighted by Crippen LogP contribution is -2.24. The van der Waals surface area contributed by atoms with Gasteiger partial charge in [-0.25, -0.2) is 4.21 Å². The maximum Gasteiger partial charge on any atom is 0.172 e. The van der Waals surface area contributed by atoms with Crippen LogP contribution in [-0.4, -0.2) is 29.4 Å². The van der Waals surface area contributed by atoms with Crippen LogP contribution in [0, 0.1) is 6.92 Å². The van der Waals surface area contributed by atoms with Crippen LogP contribution in [0.1, 0.15) is 38.2 Å². The molecule has 0 bridgehead atoms. The summed E-state index contributed by atoms with van der Waals surface area (Å²) in [4.78, 5) is 0.747. The van der Waals surface area contributed by atoms with Gasteiger partial charge in [0.05, 0.1) is 18.1 Å². The van der Waals surface area contributed by atoms with Crippen molar-refractivity contribution in [3.63, 3.8) is 0 Å². The zero-order chi connectivity index (χ0) is 15.1. The van der Waals surface area contributed by atoms with Crippen LogP contribution in [-0.2, 0) is 20.5 Å². The second-order valence-corrected chi connectivity index (χ2v) is 6.61. The molecule has 2 rings (SSSR count). The van der Waals surface area contributed by atoms with Gasteiger partial charge in [0.25, 0.3) is 0 Å². The minimum atomic E-state index is -1.29. The normalized spacial score (nSPS) is 19.1. The van der Waals surface area contributed by atoms with Gasteiger partial charge in [-0.05, 0) is 45.2 Å². The molecule has 0 spiro atoms. The zero-order valence-corrected chi connectivity index (χ0v) is 13.5. The van der Waals surface area contributed by atoms with Crippen molar-refractivity contribution < 1.29 is 13.7 Å². The van der Waals surface area contributed by atoms with Crippen LogP contribution in [0.3, 0.4) is 0 Å². The highest BCUT2D eigenvalue weighted by molar-refractivity contribution is 7.83. The van der Waals surface area contributed by atoms with E-state index in [1.54, 1.807) is 6.21 Å². The molecule has 0 aliphatic carbocycles. The van der Waals surface area contributed by atoms with E-state index in [1.165, 1.54) is 0 Å². The van der Waals surface area contributed by atoms with Gasteiger partial charge in [0.1, 0.15) is 0 Å². The van der Waals surface area contributed by atoms with Gasteiger partial charge in [-0.2, -0.15) is 4.40 Å². The highest BCUT2D eigenvalue weighted by Gasteiger charge is 2.29. The van der Waals surface area contributed by atoms with Gasteiger partial charge in [-0.15, -0.1) is 0 Å². The molecule has 0 saturated carbocycles. The number of hydrogen-bond acceptors (Lipinski definition) is 3. The van der Waals surface area contributed by atoms with Gasteiger partial charge >= 0.3 is 0 Å². The van der Waals surface area contributed by atoms with Crippen LogP contribution in [0.15, 0.2) is 33.6 Å². The topological polar surface area (TPSA) is 47.9 Å². The predicted octanol–water partition coefficient (Wildman–Crippen LogP) is 3.41. The third kappa shape index (κ3) is 5.34. The lowest BCUT2D eigenvalue weighted by atomic mass is 10.1. The summed E-state index contributed by atoms with van der Waals surface area (Å²) in [5.74, 6) is -0.401. The SMILES string of the molecule is Cc1ccc(S(=O)/N=C/CCCCC2(C)OCCO2)cc1. The number of hydrogen-bond donors (Lipinski definition) is 0. The fourth-order valence-corrected chi connectivity index (χ4v) is 2.95. The summed E-state index contributed by atoms with van der Waals surface area (Å²) in [6.45, 7) is 5.37. The Kier molecular flexibility index (Phi) is 6.08. The minimum absolute atomic E-state index is 0.401. The molecule has 5 heteroatoms. The van der Waals surface area contributed by atoms with Crippen molar-refractivity contribution in [3.8, 4) is 0 Å². The van der Waals surface area contributed by atoms with Crippen LogP contribution in [0.5, 0.6) is 0 Å². The molecule has 1 aliphatic rings. The van der Waals surface area contributed by atoms with Crippen molar-refractivity contribution in [2.45, 2.75) is 50.2 Å². The minimum Gasteiger partial charge on any atom is -0.348 e. The smallest absolute Gasteiger partial charge is 0.172 e. The summed E-state index contributed by atoms with van der Waals surface area (Å²) < 4.78 is 27.1. The Labute approximate surface area is 129 Å². The van der Waals surface area contributed by atoms with Gasteiger partial charge in [-0.3, -0.25) is 0 Å². The molecule has 0 N–H and O–H groups in total. The lowest BCUT2D eigenvalue weighted by Gasteiger charge is -2.21. The maximum absolute atomic E-state index is 11.9. The van der Waals surface area contributed by atoms with Crippen molar-refractivity contribution in [1.29, 1.82) is 0 Å². The van der Waals surface area contributed by atoms with E-state index in [4.69, 9.17) is 9.47 Å². The van der Waals surface area contributed by atoms with Gasteiger partial charge in [-0.1, -0.05) is 17.7 Å². The molecular formula is C16H23NO3S. The summed E-state index contributed by atoms with van der Waals surface area (Å²) in [7, 11) is -1.29. The summed E-state index contributed by atoms with van der Waals surface area (Å²) in [6, 6.07) is 7.62. The van der Waals surface area contributed by atoms with Crippen molar-refractivity contribution in [2.75, 3.05) is 13.2 Å². The Bertz CT molecular complexity index is 493. The Morgan fingerprint density at radius 3 is 2.57 bits per heavy atom. The van der Waals surface area contributed by atoms with Gasteiger partial charge in [0.15, 0.2) is 16.8 Å². The monoisotopic (exact) mass is 309 g/mol. The molecule has 1 aromatic rings. The van der Waals surface area contributed by atoms with E-state index in [2.05, 4.69) is 4.40 Å². The predicted molar refractivity (Wildman–Crippen MR) is 84.9 cm³/mol. The molecule has 1 saturated heterocycles. The van der Waals surface area contributed by atoms with Crippen molar-refractivity contribution >= 4 is 17.2 Å². The average Bonchev–Trinajstić information content (AvgIpc) is 2.90. The molecule has 0 radical (unpaired) electrons. The number of ether oxygens (including phenoxy) is 2. The van der Waals surface area contributed by atoms with Crippen molar-refractivity contribution in [2.24, 2.45) is 4.40 Å². The standard InChI is InChI=1S/C16H23NO3S/c1-14-6-8-15(9-7-14)21(18)17-11-5-3-4-10-16(2)19-12-13-20-16/h6-9,11H,3-5,10,12-13H2,1-2H3/b17-11+. The molecule has 1 atom stereocenters. The number of nitrogens with zero attached hydrogens (tertiary/aromatic N) is 1. The molecule has 1 fully saturated rings. The summed E-state index contributed by atoms with van der Waals surface area (Å²) in [5.41, 5.74) is 1.16. The molecule has 21 heavy (non-hydrogen) atoms. The van der Waals surface area contributed by atoms with E-state index in [-0.39, 0.29) is 0 Å². The quantitative estimate of drug-likeness (QED) is 0.573. The highest BCUT2D eigenvalue weighted by atomic mass is 32.2. The summed E-state index contributed by atoms with van der Waals surface area (Å²) >= 11 is 0. The van der Waals surface area contributed by atoms with Gasteiger partial charge in [0, 0.05) is 12.6 Å². The molecule has 1 aliphatic heterocycles. The third-order valence-corrected chi connectivity index (χ3v) is 4.52. The first-order valence-corrected chi connectivity index (χ1v) is 8.49. The second kappa shape index (κ2) is 7.82. The number of benzene rings is 1. The largest absolute Gasteiger partial charge is 0.348 e. The van der Waals surface area contributed by atoms with E-state index >= 15 is 0 Å². The molecule has 1 heterocycles. The first kappa shape index (κ1) is 16.3. The molecule has 1 aromatic carbocycles. The second-order valence-electron chi connectivity index (χ2n) is 5.43. The van der Waals surface area contributed by atoms with Crippen LogP contribution < -0.4 is 0 Å². The van der Waals surface area contributed by atoms with Crippen LogP contribution >= 0.6 is 0 Å². The molecule has 0 amide bonds. The van der Waals surface area contributed by atoms with E-state index in [0.717, 1.165) is 36.1 Å². The van der Waals surface area contributed by atoms with Crippen LogP contribution in [0.25, 0.3) is 0 Å². The Balaban J connectivity index is 1.66. The molecule has 4 nitrogen and oxygen atoms in total. The average molecular weight is 309 g/mol. The fraction of sp³-hybridized carbons (Fsp3) is 0.562. The van der Waals surface area contributed by atoms with Crippen molar-refractivity contribution in [3.05, 3.63) is 29.8 Å². The third-order valence-electron chi connectivity index (χ3n) is 3.51. The fourth-order valence-electron chi connectivity index (χ4n) is 2.22. The molecular weight excluding hydrogens is 286 g/mol. The van der Waals surface area contributed by atoms with Gasteiger partial charge < -0.3 is 9.47 Å². The first-order valence-electron chi connectivity index (χ1n) is 7.38. The van der Waals surface area contributed by atoms with E-state index < -0.39 is 16.8 Å². The van der Waals surface area contributed by atoms with Crippen LogP contribution in [0.4, 0.5) is 0 Å². The molecule has 116 valence electrons.